The van der Waals surface area contributed by atoms with Crippen LogP contribution in [0.2, 0.25) is 0 Å². The second-order valence-electron chi connectivity index (χ2n) is 7.52. The number of hydrogen-bond acceptors (Lipinski definition) is 4. The van der Waals surface area contributed by atoms with Crippen LogP contribution in [-0.2, 0) is 14.3 Å². The first-order valence-electron chi connectivity index (χ1n) is 7.96. The lowest BCUT2D eigenvalue weighted by molar-refractivity contribution is -0.180. The van der Waals surface area contributed by atoms with Gasteiger partial charge in [0.1, 0.15) is 0 Å². The largest absolute Gasteiger partial charge is 0.469 e. The normalized spacial score (nSPS) is 49.0. The standard InChI is InChI=1S/C16H25NO3/c1-14(2)12-11-5-4-6-15(11,16(12,14)13(18)19-3)17-7-9-20-10-8-17/h11-12H,4-10H2,1-3H3/t11-,12+,15+,16-/m1/s1. The fraction of sp³-hybridized carbons (Fsp3) is 0.938. The smallest absolute Gasteiger partial charge is 0.314 e. The number of nitrogens with zero attached hydrogens (tertiary/aromatic N) is 1. The molecule has 1 saturated heterocycles. The monoisotopic (exact) mass is 279 g/mol. The predicted molar refractivity (Wildman–Crippen MR) is 74.2 cm³/mol. The van der Waals surface area contributed by atoms with Crippen LogP contribution in [0.1, 0.15) is 33.1 Å². The lowest BCUT2D eigenvalue weighted by atomic mass is 9.58. The number of ether oxygens (including phenoxy) is 2. The number of rotatable bonds is 2. The van der Waals surface area contributed by atoms with Crippen LogP contribution in [0.15, 0.2) is 0 Å². The Morgan fingerprint density at radius 3 is 2.65 bits per heavy atom. The molecule has 0 radical (unpaired) electrons. The lowest BCUT2D eigenvalue weighted by Crippen LogP contribution is -2.69. The van der Waals surface area contributed by atoms with E-state index in [9.17, 15) is 4.79 Å². The number of esters is 1. The summed E-state index contributed by atoms with van der Waals surface area (Å²) in [5.74, 6) is 1.26. The van der Waals surface area contributed by atoms with Gasteiger partial charge >= 0.3 is 5.97 Å². The van der Waals surface area contributed by atoms with Gasteiger partial charge in [-0.3, -0.25) is 9.69 Å². The van der Waals surface area contributed by atoms with Gasteiger partial charge in [-0.15, -0.1) is 0 Å². The molecule has 1 aliphatic heterocycles. The minimum absolute atomic E-state index is 0.0390. The molecule has 0 aromatic heterocycles. The van der Waals surface area contributed by atoms with Crippen LogP contribution in [0.5, 0.6) is 0 Å². The zero-order valence-corrected chi connectivity index (χ0v) is 12.8. The molecular formula is C16H25NO3. The maximum absolute atomic E-state index is 12.7. The zero-order valence-electron chi connectivity index (χ0n) is 12.8. The summed E-state index contributed by atoms with van der Waals surface area (Å²) >= 11 is 0. The van der Waals surface area contributed by atoms with E-state index in [2.05, 4.69) is 18.7 Å². The summed E-state index contributed by atoms with van der Waals surface area (Å²) in [5.41, 5.74) is -0.0746. The minimum Gasteiger partial charge on any atom is -0.469 e. The maximum atomic E-state index is 12.7. The molecule has 4 fully saturated rings. The number of methoxy groups -OCH3 is 1. The molecule has 0 unspecified atom stereocenters. The van der Waals surface area contributed by atoms with Gasteiger partial charge < -0.3 is 9.47 Å². The summed E-state index contributed by atoms with van der Waals surface area (Å²) < 4.78 is 10.8. The van der Waals surface area contributed by atoms with Gasteiger partial charge in [0, 0.05) is 18.6 Å². The SMILES string of the molecule is COC(=O)[C@@]12[C@@H]([C@H]3CCC[C@]31N1CCOCC1)C2(C)C. The zero-order chi connectivity index (χ0) is 14.2. The Balaban J connectivity index is 1.77. The highest BCUT2D eigenvalue weighted by Crippen LogP contribution is 2.90. The Hall–Kier alpha value is -0.610. The van der Waals surface area contributed by atoms with E-state index in [0.29, 0.717) is 11.8 Å². The summed E-state index contributed by atoms with van der Waals surface area (Å²) in [4.78, 5) is 15.3. The van der Waals surface area contributed by atoms with Crippen LogP contribution in [0.4, 0.5) is 0 Å². The Kier molecular flexibility index (Phi) is 2.47. The van der Waals surface area contributed by atoms with E-state index in [1.807, 2.05) is 0 Å². The minimum atomic E-state index is -0.243. The van der Waals surface area contributed by atoms with Crippen molar-refractivity contribution in [1.82, 2.24) is 4.90 Å². The molecule has 0 aromatic rings. The summed E-state index contributed by atoms with van der Waals surface area (Å²) in [5, 5.41) is 0. The molecule has 112 valence electrons. The second kappa shape index (κ2) is 3.77. The molecule has 4 nitrogen and oxygen atoms in total. The molecule has 0 spiro atoms. The first-order chi connectivity index (χ1) is 9.55. The number of carbonyl (C=O) groups excluding carboxylic acids is 1. The first kappa shape index (κ1) is 13.1. The maximum Gasteiger partial charge on any atom is 0.314 e. The Bertz CT molecular complexity index is 457. The van der Waals surface area contributed by atoms with E-state index in [4.69, 9.17) is 9.47 Å². The fourth-order valence-corrected chi connectivity index (χ4v) is 6.62. The van der Waals surface area contributed by atoms with Gasteiger partial charge in [0.2, 0.25) is 0 Å². The van der Waals surface area contributed by atoms with Crippen molar-refractivity contribution in [2.45, 2.75) is 38.6 Å². The molecule has 4 atom stereocenters. The van der Waals surface area contributed by atoms with Crippen LogP contribution in [0.3, 0.4) is 0 Å². The molecule has 3 saturated carbocycles. The van der Waals surface area contributed by atoms with Crippen LogP contribution in [0.25, 0.3) is 0 Å². The van der Waals surface area contributed by atoms with E-state index >= 15 is 0 Å². The van der Waals surface area contributed by atoms with Gasteiger partial charge in [-0.1, -0.05) is 20.3 Å². The number of hydrogen-bond donors (Lipinski definition) is 0. The van der Waals surface area contributed by atoms with Gasteiger partial charge in [-0.2, -0.15) is 0 Å². The van der Waals surface area contributed by atoms with Gasteiger partial charge in [-0.05, 0) is 30.1 Å². The average Bonchev–Trinajstić information content (AvgIpc) is 2.71. The molecule has 4 rings (SSSR count). The van der Waals surface area contributed by atoms with Gasteiger partial charge in [0.25, 0.3) is 0 Å². The highest BCUT2D eigenvalue weighted by atomic mass is 16.5. The predicted octanol–water partition coefficient (Wildman–Crippen LogP) is 1.69. The Morgan fingerprint density at radius 2 is 2.00 bits per heavy atom. The molecule has 0 amide bonds. The number of fused-ring (bicyclic) bond motifs is 4. The third-order valence-electron chi connectivity index (χ3n) is 7.03. The third kappa shape index (κ3) is 1.06. The lowest BCUT2D eigenvalue weighted by Gasteiger charge is -2.58. The molecule has 0 bridgehead atoms. The van der Waals surface area contributed by atoms with E-state index < -0.39 is 0 Å². The van der Waals surface area contributed by atoms with Gasteiger partial charge in [0.15, 0.2) is 0 Å². The van der Waals surface area contributed by atoms with Gasteiger partial charge in [0.05, 0.1) is 25.7 Å². The summed E-state index contributed by atoms with van der Waals surface area (Å²) in [6, 6.07) is 0. The van der Waals surface area contributed by atoms with Gasteiger partial charge in [-0.25, -0.2) is 0 Å². The number of carbonyl (C=O) groups is 1. The fourth-order valence-electron chi connectivity index (χ4n) is 6.62. The molecule has 20 heavy (non-hydrogen) atoms. The summed E-state index contributed by atoms with van der Waals surface area (Å²) in [6.45, 7) is 8.09. The molecule has 1 heterocycles. The van der Waals surface area contributed by atoms with Crippen LogP contribution < -0.4 is 0 Å². The van der Waals surface area contributed by atoms with Crippen molar-refractivity contribution in [1.29, 1.82) is 0 Å². The average molecular weight is 279 g/mol. The molecular weight excluding hydrogens is 254 g/mol. The summed E-state index contributed by atoms with van der Waals surface area (Å²) in [7, 11) is 1.55. The first-order valence-corrected chi connectivity index (χ1v) is 7.96. The Morgan fingerprint density at radius 1 is 1.30 bits per heavy atom. The summed E-state index contributed by atoms with van der Waals surface area (Å²) in [6.07, 6.45) is 3.70. The quantitative estimate of drug-likeness (QED) is 0.721. The van der Waals surface area contributed by atoms with Crippen molar-refractivity contribution in [3.63, 3.8) is 0 Å². The highest BCUT2D eigenvalue weighted by Gasteiger charge is 2.96. The van der Waals surface area contributed by atoms with Crippen molar-refractivity contribution >= 4 is 5.97 Å². The molecule has 4 heteroatoms. The van der Waals surface area contributed by atoms with E-state index in [-0.39, 0.29) is 22.3 Å². The van der Waals surface area contributed by atoms with E-state index in [0.717, 1.165) is 32.7 Å². The second-order valence-corrected chi connectivity index (χ2v) is 7.52. The van der Waals surface area contributed by atoms with Crippen molar-refractivity contribution in [2.24, 2.45) is 22.7 Å². The van der Waals surface area contributed by atoms with Crippen molar-refractivity contribution in [2.75, 3.05) is 33.4 Å². The Labute approximate surface area is 120 Å². The third-order valence-corrected chi connectivity index (χ3v) is 7.03. The molecule has 0 aromatic carbocycles. The molecule has 3 aliphatic carbocycles. The van der Waals surface area contributed by atoms with Crippen molar-refractivity contribution in [3.8, 4) is 0 Å². The van der Waals surface area contributed by atoms with Crippen LogP contribution in [-0.4, -0.2) is 49.8 Å². The van der Waals surface area contributed by atoms with E-state index in [1.54, 1.807) is 7.11 Å². The van der Waals surface area contributed by atoms with Crippen molar-refractivity contribution < 1.29 is 14.3 Å². The highest BCUT2D eigenvalue weighted by molar-refractivity contribution is 5.88. The molecule has 0 N–H and O–H groups in total. The van der Waals surface area contributed by atoms with Crippen LogP contribution in [0, 0.1) is 22.7 Å². The van der Waals surface area contributed by atoms with Crippen LogP contribution >= 0.6 is 0 Å². The topological polar surface area (TPSA) is 38.8 Å². The van der Waals surface area contributed by atoms with Crippen molar-refractivity contribution in [3.05, 3.63) is 0 Å². The number of morpholine rings is 1. The molecule has 4 aliphatic rings. The van der Waals surface area contributed by atoms with E-state index in [1.165, 1.54) is 12.8 Å².